The molecule has 0 fully saturated rings. The fourth-order valence-corrected chi connectivity index (χ4v) is 1.96. The predicted octanol–water partition coefficient (Wildman–Crippen LogP) is 3.45. The van der Waals surface area contributed by atoms with Gasteiger partial charge in [-0.15, -0.1) is 0 Å². The van der Waals surface area contributed by atoms with E-state index in [0.717, 1.165) is 17.9 Å². The number of aryl methyl sites for hydroxylation is 1. The molecule has 0 atom stereocenters. The Morgan fingerprint density at radius 3 is 2.61 bits per heavy atom. The third kappa shape index (κ3) is 2.71. The van der Waals surface area contributed by atoms with Crippen molar-refractivity contribution in [3.63, 3.8) is 0 Å². The Kier molecular flexibility index (Phi) is 3.99. The largest absolute Gasteiger partial charge is 0.373 e. The van der Waals surface area contributed by atoms with Gasteiger partial charge >= 0.3 is 0 Å². The standard InChI is InChI=1S/C12H12Cl2N4/c1-3-8-5-10(15-2)18-12(17-8)11-9(14)4-7(13)6-16-11/h4-6H,3H2,1-2H3,(H,15,17,18). The molecule has 0 saturated heterocycles. The first-order valence-corrected chi connectivity index (χ1v) is 6.26. The van der Waals surface area contributed by atoms with Crippen molar-refractivity contribution in [3.8, 4) is 11.5 Å². The Bertz CT molecular complexity index is 550. The van der Waals surface area contributed by atoms with E-state index < -0.39 is 0 Å². The van der Waals surface area contributed by atoms with Crippen LogP contribution in [-0.4, -0.2) is 22.0 Å². The summed E-state index contributed by atoms with van der Waals surface area (Å²) in [5.41, 5.74) is 1.46. The van der Waals surface area contributed by atoms with E-state index in [1.807, 2.05) is 20.0 Å². The molecule has 0 aromatic carbocycles. The number of halogens is 2. The number of nitrogens with zero attached hydrogens (tertiary/aromatic N) is 3. The van der Waals surface area contributed by atoms with Crippen LogP contribution in [0.1, 0.15) is 12.6 Å². The van der Waals surface area contributed by atoms with Gasteiger partial charge in [0.25, 0.3) is 0 Å². The second-order valence-electron chi connectivity index (χ2n) is 3.66. The topological polar surface area (TPSA) is 50.7 Å². The lowest BCUT2D eigenvalue weighted by Gasteiger charge is -2.07. The van der Waals surface area contributed by atoms with Gasteiger partial charge in [0.2, 0.25) is 0 Å². The zero-order valence-corrected chi connectivity index (χ0v) is 11.5. The highest BCUT2D eigenvalue weighted by Gasteiger charge is 2.11. The molecule has 18 heavy (non-hydrogen) atoms. The van der Waals surface area contributed by atoms with Crippen LogP contribution in [0.5, 0.6) is 0 Å². The Morgan fingerprint density at radius 2 is 2.00 bits per heavy atom. The molecular weight excluding hydrogens is 271 g/mol. The minimum atomic E-state index is 0.442. The molecule has 0 aliphatic rings. The van der Waals surface area contributed by atoms with E-state index >= 15 is 0 Å². The number of nitrogens with one attached hydrogen (secondary N) is 1. The average Bonchev–Trinajstić information content (AvgIpc) is 2.38. The van der Waals surface area contributed by atoms with Gasteiger partial charge < -0.3 is 5.32 Å². The van der Waals surface area contributed by atoms with Gasteiger partial charge in [-0.3, -0.25) is 0 Å². The maximum Gasteiger partial charge on any atom is 0.181 e. The van der Waals surface area contributed by atoms with Crippen LogP contribution in [0, 0.1) is 0 Å². The second-order valence-corrected chi connectivity index (χ2v) is 4.50. The van der Waals surface area contributed by atoms with Gasteiger partial charge in [0.1, 0.15) is 11.5 Å². The smallest absolute Gasteiger partial charge is 0.181 e. The molecule has 0 unspecified atom stereocenters. The summed E-state index contributed by atoms with van der Waals surface area (Å²) in [4.78, 5) is 13.0. The molecule has 0 bridgehead atoms. The van der Waals surface area contributed by atoms with Crippen molar-refractivity contribution in [2.45, 2.75) is 13.3 Å². The van der Waals surface area contributed by atoms with Gasteiger partial charge in [-0.1, -0.05) is 30.1 Å². The molecule has 0 spiro atoms. The van der Waals surface area contributed by atoms with Crippen LogP contribution < -0.4 is 5.32 Å². The van der Waals surface area contributed by atoms with Crippen LogP contribution in [0.2, 0.25) is 10.0 Å². The molecule has 2 aromatic heterocycles. The first-order valence-electron chi connectivity index (χ1n) is 5.51. The quantitative estimate of drug-likeness (QED) is 0.937. The fourth-order valence-electron chi connectivity index (χ4n) is 1.49. The average molecular weight is 283 g/mol. The summed E-state index contributed by atoms with van der Waals surface area (Å²) in [7, 11) is 1.81. The summed E-state index contributed by atoms with van der Waals surface area (Å²) < 4.78 is 0. The van der Waals surface area contributed by atoms with Crippen LogP contribution in [0.25, 0.3) is 11.5 Å². The third-order valence-corrected chi connectivity index (χ3v) is 2.91. The molecule has 94 valence electrons. The predicted molar refractivity (Wildman–Crippen MR) is 74.2 cm³/mol. The molecular formula is C12H12Cl2N4. The van der Waals surface area contributed by atoms with Gasteiger partial charge in [0, 0.05) is 25.0 Å². The number of rotatable bonds is 3. The van der Waals surface area contributed by atoms with Crippen LogP contribution in [-0.2, 0) is 6.42 Å². The molecule has 0 aliphatic heterocycles. The van der Waals surface area contributed by atoms with E-state index in [9.17, 15) is 0 Å². The molecule has 0 amide bonds. The summed E-state index contributed by atoms with van der Waals surface area (Å²) in [5, 5.41) is 3.93. The summed E-state index contributed by atoms with van der Waals surface area (Å²) in [6, 6.07) is 3.53. The molecule has 0 aliphatic carbocycles. The zero-order valence-electron chi connectivity index (χ0n) is 10.0. The Hall–Kier alpha value is -1.39. The van der Waals surface area contributed by atoms with E-state index in [2.05, 4.69) is 20.3 Å². The van der Waals surface area contributed by atoms with Crippen molar-refractivity contribution in [1.82, 2.24) is 15.0 Å². The van der Waals surface area contributed by atoms with Crippen molar-refractivity contribution < 1.29 is 0 Å². The monoisotopic (exact) mass is 282 g/mol. The van der Waals surface area contributed by atoms with Crippen LogP contribution >= 0.6 is 23.2 Å². The normalized spacial score (nSPS) is 10.4. The summed E-state index contributed by atoms with van der Waals surface area (Å²) in [6.07, 6.45) is 2.35. The van der Waals surface area contributed by atoms with Crippen molar-refractivity contribution >= 4 is 29.0 Å². The molecule has 4 nitrogen and oxygen atoms in total. The summed E-state index contributed by atoms with van der Waals surface area (Å²) >= 11 is 11.9. The van der Waals surface area contributed by atoms with Gasteiger partial charge in [0.15, 0.2) is 5.82 Å². The number of hydrogen-bond acceptors (Lipinski definition) is 4. The highest BCUT2D eigenvalue weighted by atomic mass is 35.5. The molecule has 1 N–H and O–H groups in total. The van der Waals surface area contributed by atoms with Crippen LogP contribution in [0.4, 0.5) is 5.82 Å². The first-order chi connectivity index (χ1) is 8.63. The van der Waals surface area contributed by atoms with Gasteiger partial charge in [-0.2, -0.15) is 0 Å². The minimum Gasteiger partial charge on any atom is -0.373 e. The maximum atomic E-state index is 6.11. The molecule has 6 heteroatoms. The first kappa shape index (κ1) is 13.1. The van der Waals surface area contributed by atoms with Crippen molar-refractivity contribution in [2.75, 3.05) is 12.4 Å². The zero-order chi connectivity index (χ0) is 13.1. The lowest BCUT2D eigenvalue weighted by molar-refractivity contribution is 0.998. The molecule has 2 heterocycles. The lowest BCUT2D eigenvalue weighted by atomic mass is 10.3. The molecule has 0 radical (unpaired) electrons. The van der Waals surface area contributed by atoms with Gasteiger partial charge in [-0.25, -0.2) is 15.0 Å². The highest BCUT2D eigenvalue weighted by Crippen LogP contribution is 2.26. The van der Waals surface area contributed by atoms with E-state index in [-0.39, 0.29) is 0 Å². The number of hydrogen-bond donors (Lipinski definition) is 1. The Balaban J connectivity index is 2.55. The van der Waals surface area contributed by atoms with E-state index in [0.29, 0.717) is 21.6 Å². The molecule has 2 aromatic rings. The summed E-state index contributed by atoms with van der Waals surface area (Å²) in [5.74, 6) is 1.24. The lowest BCUT2D eigenvalue weighted by Crippen LogP contribution is -2.01. The maximum absolute atomic E-state index is 6.11. The minimum absolute atomic E-state index is 0.442. The van der Waals surface area contributed by atoms with Crippen molar-refractivity contribution in [3.05, 3.63) is 34.1 Å². The summed E-state index contributed by atoms with van der Waals surface area (Å²) in [6.45, 7) is 2.03. The highest BCUT2D eigenvalue weighted by molar-refractivity contribution is 6.35. The fraction of sp³-hybridized carbons (Fsp3) is 0.250. The number of aromatic nitrogens is 3. The third-order valence-electron chi connectivity index (χ3n) is 2.42. The van der Waals surface area contributed by atoms with Crippen molar-refractivity contribution in [1.29, 1.82) is 0 Å². The molecule has 0 saturated carbocycles. The van der Waals surface area contributed by atoms with E-state index in [1.54, 1.807) is 6.07 Å². The Labute approximate surface area is 115 Å². The Morgan fingerprint density at radius 1 is 1.22 bits per heavy atom. The van der Waals surface area contributed by atoms with Gasteiger partial charge in [0.05, 0.1) is 10.0 Å². The second kappa shape index (κ2) is 5.50. The number of anilines is 1. The van der Waals surface area contributed by atoms with Crippen LogP contribution in [0.15, 0.2) is 18.3 Å². The van der Waals surface area contributed by atoms with E-state index in [4.69, 9.17) is 23.2 Å². The van der Waals surface area contributed by atoms with Gasteiger partial charge in [-0.05, 0) is 12.5 Å². The van der Waals surface area contributed by atoms with E-state index in [1.165, 1.54) is 6.20 Å². The van der Waals surface area contributed by atoms with Crippen molar-refractivity contribution in [2.24, 2.45) is 0 Å². The number of pyridine rings is 1. The SMILES string of the molecule is CCc1cc(NC)nc(-c2ncc(Cl)cc2Cl)n1. The molecule has 2 rings (SSSR count). The van der Waals surface area contributed by atoms with Crippen LogP contribution in [0.3, 0.4) is 0 Å².